The second-order valence-electron chi connectivity index (χ2n) is 4.10. The van der Waals surface area contributed by atoms with Crippen molar-refractivity contribution in [1.29, 1.82) is 0 Å². The van der Waals surface area contributed by atoms with E-state index in [-0.39, 0.29) is 0 Å². The van der Waals surface area contributed by atoms with Gasteiger partial charge in [-0.25, -0.2) is 0 Å². The summed E-state index contributed by atoms with van der Waals surface area (Å²) in [6, 6.07) is 0.604. The second kappa shape index (κ2) is 8.42. The minimum atomic E-state index is -0.670. The predicted octanol–water partition coefficient (Wildman–Crippen LogP) is 2.31. The summed E-state index contributed by atoms with van der Waals surface area (Å²) in [4.78, 5) is 0. The van der Waals surface area contributed by atoms with Crippen molar-refractivity contribution < 1.29 is 4.21 Å². The van der Waals surface area contributed by atoms with Crippen molar-refractivity contribution in [2.45, 2.75) is 57.7 Å². The van der Waals surface area contributed by atoms with Gasteiger partial charge >= 0.3 is 0 Å². The van der Waals surface area contributed by atoms with Gasteiger partial charge in [-0.05, 0) is 26.3 Å². The first kappa shape index (κ1) is 14.1. The van der Waals surface area contributed by atoms with Crippen LogP contribution in [0.2, 0.25) is 0 Å². The molecule has 0 amide bonds. The molecule has 3 heteroatoms. The Hall–Kier alpha value is 0.110. The third-order valence-corrected chi connectivity index (χ3v) is 3.97. The van der Waals surface area contributed by atoms with Gasteiger partial charge in [0, 0.05) is 28.3 Å². The maximum absolute atomic E-state index is 11.1. The van der Waals surface area contributed by atoms with Crippen LogP contribution in [0, 0.1) is 0 Å². The molecule has 0 fully saturated rings. The van der Waals surface area contributed by atoms with Gasteiger partial charge in [0.15, 0.2) is 0 Å². The number of nitrogens with one attached hydrogen (secondary N) is 1. The fourth-order valence-corrected chi connectivity index (χ4v) is 1.76. The Morgan fingerprint density at radius 1 is 1.29 bits per heavy atom. The van der Waals surface area contributed by atoms with Crippen LogP contribution in [0.4, 0.5) is 0 Å². The van der Waals surface area contributed by atoms with Gasteiger partial charge in [0.2, 0.25) is 0 Å². The molecule has 0 heterocycles. The molecule has 1 N–H and O–H groups in total. The lowest BCUT2D eigenvalue weighted by atomic mass is 10.1. The van der Waals surface area contributed by atoms with E-state index in [1.165, 1.54) is 19.3 Å². The van der Waals surface area contributed by atoms with E-state index in [9.17, 15) is 4.21 Å². The van der Waals surface area contributed by atoms with E-state index >= 15 is 0 Å². The fourth-order valence-electron chi connectivity index (χ4n) is 1.31. The first-order chi connectivity index (χ1) is 6.57. The summed E-state index contributed by atoms with van der Waals surface area (Å²) < 4.78 is 11.1. The van der Waals surface area contributed by atoms with Crippen molar-refractivity contribution in [3.63, 3.8) is 0 Å². The molecular weight excluding hydrogens is 194 g/mol. The van der Waals surface area contributed by atoms with E-state index in [4.69, 9.17) is 0 Å². The van der Waals surface area contributed by atoms with Crippen LogP contribution >= 0.6 is 0 Å². The van der Waals surface area contributed by atoms with Gasteiger partial charge in [-0.1, -0.05) is 26.7 Å². The lowest BCUT2D eigenvalue weighted by Crippen LogP contribution is -2.29. The van der Waals surface area contributed by atoms with E-state index in [0.717, 1.165) is 13.0 Å². The van der Waals surface area contributed by atoms with Gasteiger partial charge in [0.25, 0.3) is 0 Å². The fraction of sp³-hybridized carbons (Fsp3) is 1.00. The molecule has 0 aliphatic heterocycles. The predicted molar refractivity (Wildman–Crippen MR) is 65.1 cm³/mol. The average Bonchev–Trinajstić information content (AvgIpc) is 2.14. The molecule has 0 aromatic heterocycles. The molecule has 0 aromatic carbocycles. The highest BCUT2D eigenvalue weighted by molar-refractivity contribution is 7.84. The summed E-state index contributed by atoms with van der Waals surface area (Å²) in [5, 5.41) is 3.79. The van der Waals surface area contributed by atoms with Gasteiger partial charge < -0.3 is 5.32 Å². The summed E-state index contributed by atoms with van der Waals surface area (Å²) in [5.74, 6) is 0. The standard InChI is InChI=1S/C11H25NOS/c1-5-6-7-10(2)12-9-8-11(3)14(4)13/h10-12H,5-9H2,1-4H3. The third-order valence-electron chi connectivity index (χ3n) is 2.60. The zero-order valence-corrected chi connectivity index (χ0v) is 10.8. The zero-order valence-electron chi connectivity index (χ0n) is 10.0. The van der Waals surface area contributed by atoms with E-state index < -0.39 is 10.8 Å². The molecule has 0 aliphatic rings. The molecule has 86 valence electrons. The molecule has 0 radical (unpaired) electrons. The van der Waals surface area contributed by atoms with Gasteiger partial charge in [-0.15, -0.1) is 0 Å². The van der Waals surface area contributed by atoms with Crippen molar-refractivity contribution in [1.82, 2.24) is 5.32 Å². The Labute approximate surface area is 91.3 Å². The van der Waals surface area contributed by atoms with Crippen LogP contribution in [-0.4, -0.2) is 28.3 Å². The van der Waals surface area contributed by atoms with Crippen molar-refractivity contribution >= 4 is 10.8 Å². The zero-order chi connectivity index (χ0) is 11.0. The summed E-state index contributed by atoms with van der Waals surface area (Å²) in [6.07, 6.45) is 6.61. The highest BCUT2D eigenvalue weighted by atomic mass is 32.2. The molecule has 3 unspecified atom stereocenters. The van der Waals surface area contributed by atoms with Crippen LogP contribution in [0.15, 0.2) is 0 Å². The molecular formula is C11H25NOS. The Morgan fingerprint density at radius 2 is 1.93 bits per heavy atom. The smallest absolute Gasteiger partial charge is 0.0329 e. The van der Waals surface area contributed by atoms with E-state index in [1.807, 2.05) is 0 Å². The molecule has 0 aromatic rings. The maximum atomic E-state index is 11.1. The second-order valence-corrected chi connectivity index (χ2v) is 5.90. The first-order valence-electron chi connectivity index (χ1n) is 5.63. The minimum absolute atomic E-state index is 0.320. The highest BCUT2D eigenvalue weighted by Gasteiger charge is 2.06. The Balaban J connectivity index is 3.39. The number of rotatable bonds is 8. The lowest BCUT2D eigenvalue weighted by Gasteiger charge is -2.14. The molecule has 0 aliphatic carbocycles. The highest BCUT2D eigenvalue weighted by Crippen LogP contribution is 2.01. The largest absolute Gasteiger partial charge is 0.314 e. The molecule has 0 bridgehead atoms. The number of hydrogen-bond acceptors (Lipinski definition) is 2. The summed E-state index contributed by atoms with van der Waals surface area (Å²) >= 11 is 0. The van der Waals surface area contributed by atoms with Gasteiger partial charge in [0.05, 0.1) is 0 Å². The van der Waals surface area contributed by atoms with E-state index in [1.54, 1.807) is 6.26 Å². The summed E-state index contributed by atoms with van der Waals surface area (Å²) in [7, 11) is -0.670. The monoisotopic (exact) mass is 219 g/mol. The summed E-state index contributed by atoms with van der Waals surface area (Å²) in [6.45, 7) is 7.48. The maximum Gasteiger partial charge on any atom is 0.0329 e. The quantitative estimate of drug-likeness (QED) is 0.679. The van der Waals surface area contributed by atoms with Crippen LogP contribution in [0.1, 0.15) is 46.5 Å². The summed E-state index contributed by atoms with van der Waals surface area (Å²) in [5.41, 5.74) is 0. The van der Waals surface area contributed by atoms with Crippen LogP contribution in [0.5, 0.6) is 0 Å². The Morgan fingerprint density at radius 3 is 2.43 bits per heavy atom. The number of unbranched alkanes of at least 4 members (excludes halogenated alkanes) is 1. The van der Waals surface area contributed by atoms with Crippen LogP contribution < -0.4 is 5.32 Å². The minimum Gasteiger partial charge on any atom is -0.314 e. The number of hydrogen-bond donors (Lipinski definition) is 1. The molecule has 0 saturated heterocycles. The molecule has 0 saturated carbocycles. The van der Waals surface area contributed by atoms with Crippen molar-refractivity contribution in [2.75, 3.05) is 12.8 Å². The van der Waals surface area contributed by atoms with Gasteiger partial charge in [-0.2, -0.15) is 0 Å². The lowest BCUT2D eigenvalue weighted by molar-refractivity contribution is 0.488. The molecule has 3 atom stereocenters. The van der Waals surface area contributed by atoms with Gasteiger partial charge in [-0.3, -0.25) is 4.21 Å². The topological polar surface area (TPSA) is 29.1 Å². The van der Waals surface area contributed by atoms with E-state index in [0.29, 0.717) is 11.3 Å². The molecule has 0 rings (SSSR count). The molecule has 14 heavy (non-hydrogen) atoms. The van der Waals surface area contributed by atoms with Crippen molar-refractivity contribution in [3.05, 3.63) is 0 Å². The first-order valence-corrected chi connectivity index (χ1v) is 7.25. The average molecular weight is 219 g/mol. The van der Waals surface area contributed by atoms with Crippen LogP contribution in [0.3, 0.4) is 0 Å². The molecule has 0 spiro atoms. The SMILES string of the molecule is CCCCC(C)NCCC(C)S(C)=O. The Kier molecular flexibility index (Phi) is 8.49. The van der Waals surface area contributed by atoms with Crippen LogP contribution in [0.25, 0.3) is 0 Å². The van der Waals surface area contributed by atoms with Crippen molar-refractivity contribution in [2.24, 2.45) is 0 Å². The van der Waals surface area contributed by atoms with Gasteiger partial charge in [0.1, 0.15) is 0 Å². The van der Waals surface area contributed by atoms with Crippen molar-refractivity contribution in [3.8, 4) is 0 Å². The molecule has 2 nitrogen and oxygen atoms in total. The van der Waals surface area contributed by atoms with E-state index in [2.05, 4.69) is 26.1 Å². The Bertz CT molecular complexity index is 161. The normalized spacial score (nSPS) is 17.7. The van der Waals surface area contributed by atoms with Crippen LogP contribution in [-0.2, 0) is 10.8 Å². The third kappa shape index (κ3) is 7.51.